The largest absolute Gasteiger partial charge is 0.355 e. The van der Waals surface area contributed by atoms with Crippen LogP contribution in [-0.4, -0.2) is 27.9 Å². The summed E-state index contributed by atoms with van der Waals surface area (Å²) in [5, 5.41) is 3.73. The van der Waals surface area contributed by atoms with Crippen LogP contribution in [0, 0.1) is 5.82 Å². The average molecular weight is 419 g/mol. The van der Waals surface area contributed by atoms with E-state index in [1.807, 2.05) is 6.07 Å². The molecular formula is C23H16ClFN4O. The first-order chi connectivity index (χ1) is 14.5. The lowest BCUT2D eigenvalue weighted by Gasteiger charge is -2.14. The highest BCUT2D eigenvalue weighted by Crippen LogP contribution is 2.33. The van der Waals surface area contributed by atoms with E-state index in [9.17, 15) is 9.18 Å². The fraction of sp³-hybridized carbons (Fsp3) is 0.0435. The van der Waals surface area contributed by atoms with Gasteiger partial charge in [-0.05, 0) is 59.2 Å². The fourth-order valence-corrected chi connectivity index (χ4v) is 3.43. The van der Waals surface area contributed by atoms with E-state index in [1.165, 1.54) is 24.4 Å². The Morgan fingerprint density at radius 3 is 2.73 bits per heavy atom. The molecule has 0 saturated heterocycles. The number of rotatable bonds is 4. The zero-order chi connectivity index (χ0) is 21.3. The van der Waals surface area contributed by atoms with Crippen LogP contribution in [0.25, 0.3) is 27.9 Å². The molecule has 1 aromatic carbocycles. The topological polar surface area (TPSA) is 67.8 Å². The number of fused-ring (bicyclic) bond motifs is 1. The van der Waals surface area contributed by atoms with Crippen molar-refractivity contribution in [2.45, 2.75) is 0 Å². The van der Waals surface area contributed by atoms with E-state index < -0.39 is 5.82 Å². The molecule has 0 unspecified atom stereocenters. The van der Waals surface area contributed by atoms with Crippen LogP contribution in [0.5, 0.6) is 0 Å². The molecule has 0 fully saturated rings. The van der Waals surface area contributed by atoms with Gasteiger partial charge in [-0.3, -0.25) is 9.78 Å². The van der Waals surface area contributed by atoms with E-state index in [0.717, 1.165) is 5.39 Å². The van der Waals surface area contributed by atoms with Crippen molar-refractivity contribution < 1.29 is 9.18 Å². The molecule has 0 aliphatic carbocycles. The summed E-state index contributed by atoms with van der Waals surface area (Å²) in [6, 6.07) is 11.4. The summed E-state index contributed by atoms with van der Waals surface area (Å²) in [5.74, 6) is -0.731. The predicted octanol–water partition coefficient (Wildman–Crippen LogP) is 4.91. The van der Waals surface area contributed by atoms with Crippen molar-refractivity contribution in [2.24, 2.45) is 0 Å². The van der Waals surface area contributed by atoms with Crippen LogP contribution in [0.1, 0.15) is 21.5 Å². The maximum Gasteiger partial charge on any atom is 0.253 e. The monoisotopic (exact) mass is 418 g/mol. The number of amides is 1. The van der Waals surface area contributed by atoms with E-state index >= 15 is 0 Å². The summed E-state index contributed by atoms with van der Waals surface area (Å²) < 4.78 is 14.5. The summed E-state index contributed by atoms with van der Waals surface area (Å²) in [6.45, 7) is 4.21. The number of nitrogens with zero attached hydrogens (tertiary/aromatic N) is 3. The van der Waals surface area contributed by atoms with E-state index in [-0.39, 0.29) is 11.5 Å². The van der Waals surface area contributed by atoms with Gasteiger partial charge in [0.1, 0.15) is 5.82 Å². The summed E-state index contributed by atoms with van der Waals surface area (Å²) in [6.07, 6.45) is 4.69. The number of nitrogens with one attached hydrogen (secondary N) is 1. The minimum atomic E-state index is -0.450. The lowest BCUT2D eigenvalue weighted by molar-refractivity contribution is 0.0962. The van der Waals surface area contributed by atoms with Crippen LogP contribution in [0.15, 0.2) is 67.6 Å². The minimum Gasteiger partial charge on any atom is -0.355 e. The number of hydrogen-bond donors (Lipinski definition) is 1. The highest BCUT2D eigenvalue weighted by molar-refractivity contribution is 6.30. The van der Waals surface area contributed by atoms with Gasteiger partial charge in [0.2, 0.25) is 0 Å². The van der Waals surface area contributed by atoms with Gasteiger partial charge >= 0.3 is 0 Å². The van der Waals surface area contributed by atoms with Gasteiger partial charge in [0.05, 0.1) is 11.3 Å². The summed E-state index contributed by atoms with van der Waals surface area (Å²) >= 11 is 6.08. The highest BCUT2D eigenvalue weighted by Gasteiger charge is 2.18. The highest BCUT2D eigenvalue weighted by atomic mass is 35.5. The van der Waals surface area contributed by atoms with Crippen molar-refractivity contribution in [3.8, 4) is 11.3 Å². The van der Waals surface area contributed by atoms with E-state index in [2.05, 4.69) is 26.8 Å². The van der Waals surface area contributed by atoms with E-state index in [4.69, 9.17) is 11.6 Å². The maximum absolute atomic E-state index is 14.5. The average Bonchev–Trinajstić information content (AvgIpc) is 2.79. The predicted molar refractivity (Wildman–Crippen MR) is 116 cm³/mol. The molecule has 0 bridgehead atoms. The third-order valence-corrected chi connectivity index (χ3v) is 4.97. The second kappa shape index (κ2) is 8.00. The van der Waals surface area contributed by atoms with Gasteiger partial charge in [-0.15, -0.1) is 0 Å². The third-order valence-electron chi connectivity index (χ3n) is 4.73. The molecule has 3 aromatic heterocycles. The van der Waals surface area contributed by atoms with Gasteiger partial charge in [0.15, 0.2) is 5.65 Å². The molecular weight excluding hydrogens is 403 g/mol. The molecule has 5 nitrogen and oxygen atoms in total. The number of hydrogen-bond acceptors (Lipinski definition) is 4. The van der Waals surface area contributed by atoms with Gasteiger partial charge < -0.3 is 5.32 Å². The Balaban J connectivity index is 1.97. The van der Waals surface area contributed by atoms with E-state index in [0.29, 0.717) is 38.6 Å². The fourth-order valence-electron chi connectivity index (χ4n) is 3.26. The van der Waals surface area contributed by atoms with Gasteiger partial charge in [-0.2, -0.15) is 0 Å². The maximum atomic E-state index is 14.5. The Morgan fingerprint density at radius 1 is 1.10 bits per heavy atom. The van der Waals surface area contributed by atoms with Crippen molar-refractivity contribution in [1.29, 1.82) is 0 Å². The lowest BCUT2D eigenvalue weighted by atomic mass is 9.93. The Kier molecular flexibility index (Phi) is 5.25. The van der Waals surface area contributed by atoms with Gasteiger partial charge in [-0.25, -0.2) is 14.4 Å². The summed E-state index contributed by atoms with van der Waals surface area (Å²) in [5.41, 5.74) is 3.30. The van der Waals surface area contributed by atoms with E-state index in [1.54, 1.807) is 37.6 Å². The molecule has 7 heteroatoms. The molecule has 0 aliphatic rings. The SMILES string of the molecule is C=C(c1ccncc1C(=O)NC)c1cc(-c2cc(Cl)ccc2F)nc2ncccc12. The number of carbonyl (C=O) groups excluding carboxylic acids is 1. The molecule has 1 N–H and O–H groups in total. The zero-order valence-corrected chi connectivity index (χ0v) is 16.7. The number of aromatic nitrogens is 3. The second-order valence-electron chi connectivity index (χ2n) is 6.53. The van der Waals surface area contributed by atoms with Gasteiger partial charge in [0, 0.05) is 41.6 Å². The van der Waals surface area contributed by atoms with Crippen LogP contribution in [0.4, 0.5) is 4.39 Å². The molecule has 0 spiro atoms. The second-order valence-corrected chi connectivity index (χ2v) is 6.97. The van der Waals surface area contributed by atoms with Gasteiger partial charge in [0.25, 0.3) is 5.91 Å². The van der Waals surface area contributed by atoms with Crippen LogP contribution in [0.3, 0.4) is 0 Å². The van der Waals surface area contributed by atoms with Crippen molar-refractivity contribution >= 4 is 34.1 Å². The molecule has 148 valence electrons. The standard InChI is InChI=1S/C23H16ClFN4O/c1-13(15-7-9-27-12-19(15)23(30)26-2)17-11-21(18-10-14(24)5-6-20(18)25)29-22-16(17)4-3-8-28-22/h3-12H,1H2,2H3,(H,26,30). The van der Waals surface area contributed by atoms with Crippen LogP contribution in [-0.2, 0) is 0 Å². The lowest BCUT2D eigenvalue weighted by Crippen LogP contribution is -2.19. The zero-order valence-electron chi connectivity index (χ0n) is 16.0. The van der Waals surface area contributed by atoms with Crippen molar-refractivity contribution in [3.05, 3.63) is 95.2 Å². The molecule has 0 atom stereocenters. The number of carbonyl (C=O) groups is 1. The number of benzene rings is 1. The smallest absolute Gasteiger partial charge is 0.253 e. The van der Waals surface area contributed by atoms with Crippen molar-refractivity contribution in [2.75, 3.05) is 7.05 Å². The Morgan fingerprint density at radius 2 is 1.93 bits per heavy atom. The first-order valence-corrected chi connectivity index (χ1v) is 9.44. The quantitative estimate of drug-likeness (QED) is 0.511. The summed E-state index contributed by atoms with van der Waals surface area (Å²) in [7, 11) is 1.55. The van der Waals surface area contributed by atoms with Crippen molar-refractivity contribution in [1.82, 2.24) is 20.3 Å². The summed E-state index contributed by atoms with van der Waals surface area (Å²) in [4.78, 5) is 25.2. The molecule has 0 radical (unpaired) electrons. The molecule has 4 rings (SSSR count). The Bertz CT molecular complexity index is 1310. The third kappa shape index (κ3) is 3.53. The first-order valence-electron chi connectivity index (χ1n) is 9.06. The van der Waals surface area contributed by atoms with Crippen LogP contribution >= 0.6 is 11.6 Å². The molecule has 1 amide bonds. The minimum absolute atomic E-state index is 0.255. The van der Waals surface area contributed by atoms with Crippen molar-refractivity contribution in [3.63, 3.8) is 0 Å². The molecule has 30 heavy (non-hydrogen) atoms. The Labute approximate surface area is 177 Å². The number of halogens is 2. The van der Waals surface area contributed by atoms with Crippen LogP contribution < -0.4 is 5.32 Å². The molecule has 0 aliphatic heterocycles. The Hall–Kier alpha value is -3.64. The normalized spacial score (nSPS) is 10.8. The van der Waals surface area contributed by atoms with Crippen LogP contribution in [0.2, 0.25) is 5.02 Å². The number of pyridine rings is 3. The van der Waals surface area contributed by atoms with Gasteiger partial charge in [-0.1, -0.05) is 18.2 Å². The first kappa shape index (κ1) is 19.7. The molecule has 3 heterocycles. The molecule has 0 saturated carbocycles. The molecule has 4 aromatic rings.